The molecule has 3 nitrogen and oxygen atoms in total. The van der Waals surface area contributed by atoms with Crippen LogP contribution in [0, 0.1) is 11.2 Å². The number of hydrogen-bond donors (Lipinski definition) is 3. The van der Waals surface area contributed by atoms with Crippen molar-refractivity contribution in [2.45, 2.75) is 26.7 Å². The van der Waals surface area contributed by atoms with E-state index in [-0.39, 0.29) is 17.8 Å². The Kier molecular flexibility index (Phi) is 4.75. The quantitative estimate of drug-likeness (QED) is 0.670. The maximum Gasteiger partial charge on any atom is 0.148 e. The van der Waals surface area contributed by atoms with Gasteiger partial charge in [-0.25, -0.2) is 4.39 Å². The van der Waals surface area contributed by atoms with Crippen molar-refractivity contribution in [1.82, 2.24) is 0 Å². The summed E-state index contributed by atoms with van der Waals surface area (Å²) in [5.74, 6) is -0.331. The molecule has 0 aliphatic rings. The summed E-state index contributed by atoms with van der Waals surface area (Å²) in [5.41, 5.74) is 6.40. The molecule has 0 atom stereocenters. The fourth-order valence-corrected chi connectivity index (χ4v) is 1.66. The molecule has 1 aromatic rings. The van der Waals surface area contributed by atoms with Crippen LogP contribution in [-0.4, -0.2) is 18.3 Å². The minimum atomic E-state index is -0.331. The molecule has 4 N–H and O–H groups in total. The molecule has 0 unspecified atom stereocenters. The largest absolute Gasteiger partial charge is 0.399 e. The number of rotatable bonds is 6. The molecule has 0 spiro atoms. The number of aliphatic hydroxyl groups excluding tert-OH is 1. The first kappa shape index (κ1) is 13.8. The van der Waals surface area contributed by atoms with E-state index in [9.17, 15) is 4.39 Å². The van der Waals surface area contributed by atoms with Crippen LogP contribution in [0.25, 0.3) is 0 Å². The van der Waals surface area contributed by atoms with E-state index in [1.165, 1.54) is 6.07 Å². The predicted octanol–water partition coefficient (Wildman–Crippen LogP) is 2.62. The number of nitrogens with one attached hydrogen (secondary N) is 1. The fourth-order valence-electron chi connectivity index (χ4n) is 1.66. The molecule has 1 rings (SSSR count). The van der Waals surface area contributed by atoms with Gasteiger partial charge in [-0.2, -0.15) is 0 Å². The van der Waals surface area contributed by atoms with Gasteiger partial charge in [0.2, 0.25) is 0 Å². The summed E-state index contributed by atoms with van der Waals surface area (Å²) in [5, 5.41) is 11.9. The van der Waals surface area contributed by atoms with Crippen LogP contribution in [0.1, 0.15) is 26.7 Å². The Morgan fingerprint density at radius 3 is 2.71 bits per heavy atom. The lowest BCUT2D eigenvalue weighted by molar-refractivity contribution is 0.248. The number of nitrogens with two attached hydrogens (primary N) is 1. The van der Waals surface area contributed by atoms with E-state index in [1.54, 1.807) is 12.1 Å². The lowest BCUT2D eigenvalue weighted by Crippen LogP contribution is -2.23. The number of hydrogen-bond acceptors (Lipinski definition) is 3. The lowest BCUT2D eigenvalue weighted by Gasteiger charge is -2.25. The van der Waals surface area contributed by atoms with Crippen LogP contribution >= 0.6 is 0 Å². The van der Waals surface area contributed by atoms with Crippen LogP contribution in [0.5, 0.6) is 0 Å². The van der Waals surface area contributed by atoms with Gasteiger partial charge in [-0.15, -0.1) is 0 Å². The topological polar surface area (TPSA) is 58.3 Å². The van der Waals surface area contributed by atoms with Gasteiger partial charge in [0.05, 0.1) is 5.69 Å². The summed E-state index contributed by atoms with van der Waals surface area (Å²) >= 11 is 0. The summed E-state index contributed by atoms with van der Waals surface area (Å²) in [4.78, 5) is 0. The molecule has 0 heterocycles. The van der Waals surface area contributed by atoms with E-state index in [0.717, 1.165) is 12.8 Å². The van der Waals surface area contributed by atoms with Crippen molar-refractivity contribution in [3.8, 4) is 0 Å². The highest BCUT2D eigenvalue weighted by molar-refractivity contribution is 5.52. The number of anilines is 2. The van der Waals surface area contributed by atoms with Crippen molar-refractivity contribution in [3.63, 3.8) is 0 Å². The summed E-state index contributed by atoms with van der Waals surface area (Å²) in [6, 6.07) is 4.63. The molecule has 0 amide bonds. The minimum absolute atomic E-state index is 0.0244. The maximum atomic E-state index is 13.5. The molecule has 0 fully saturated rings. The standard InChI is InChI=1S/C13H21FN2O/c1-13(2,6-3-7-17)9-16-12-5-4-10(15)8-11(12)14/h4-5,8,16-17H,3,6-7,9,15H2,1-2H3. The Morgan fingerprint density at radius 1 is 1.41 bits per heavy atom. The molecule has 0 aromatic heterocycles. The highest BCUT2D eigenvalue weighted by Gasteiger charge is 2.17. The molecule has 1 aromatic carbocycles. The first-order chi connectivity index (χ1) is 7.94. The van der Waals surface area contributed by atoms with E-state index in [4.69, 9.17) is 10.8 Å². The third-order valence-corrected chi connectivity index (χ3v) is 2.76. The van der Waals surface area contributed by atoms with Crippen LogP contribution in [0.15, 0.2) is 18.2 Å². The lowest BCUT2D eigenvalue weighted by atomic mass is 9.88. The van der Waals surface area contributed by atoms with Crippen LogP contribution < -0.4 is 11.1 Å². The fraction of sp³-hybridized carbons (Fsp3) is 0.538. The van der Waals surface area contributed by atoms with Crippen LogP contribution in [0.4, 0.5) is 15.8 Å². The second-order valence-corrected chi connectivity index (χ2v) is 5.08. The molecule has 0 aliphatic heterocycles. The van der Waals surface area contributed by atoms with Gasteiger partial charge in [0, 0.05) is 18.8 Å². The summed E-state index contributed by atoms with van der Waals surface area (Å²) in [6.07, 6.45) is 1.66. The summed E-state index contributed by atoms with van der Waals surface area (Å²) < 4.78 is 13.5. The molecular weight excluding hydrogens is 219 g/mol. The van der Waals surface area contributed by atoms with Crippen molar-refractivity contribution >= 4 is 11.4 Å². The molecule has 0 aliphatic carbocycles. The van der Waals surface area contributed by atoms with Gasteiger partial charge < -0.3 is 16.2 Å². The predicted molar refractivity (Wildman–Crippen MR) is 69.4 cm³/mol. The van der Waals surface area contributed by atoms with Gasteiger partial charge in [0.1, 0.15) is 5.82 Å². The second kappa shape index (κ2) is 5.87. The summed E-state index contributed by atoms with van der Waals surface area (Å²) in [6.45, 7) is 5.03. The van der Waals surface area contributed by atoms with Crippen molar-refractivity contribution in [3.05, 3.63) is 24.0 Å². The van der Waals surface area contributed by atoms with Gasteiger partial charge >= 0.3 is 0 Å². The zero-order valence-corrected chi connectivity index (χ0v) is 10.5. The monoisotopic (exact) mass is 240 g/mol. The van der Waals surface area contributed by atoms with Crippen molar-refractivity contribution in [2.24, 2.45) is 5.41 Å². The zero-order valence-electron chi connectivity index (χ0n) is 10.5. The van der Waals surface area contributed by atoms with Crippen molar-refractivity contribution < 1.29 is 9.50 Å². The Balaban J connectivity index is 2.54. The average Bonchev–Trinajstić information content (AvgIpc) is 2.25. The second-order valence-electron chi connectivity index (χ2n) is 5.08. The van der Waals surface area contributed by atoms with Crippen molar-refractivity contribution in [1.29, 1.82) is 0 Å². The molecular formula is C13H21FN2O. The van der Waals surface area contributed by atoms with Gasteiger partial charge in [0.25, 0.3) is 0 Å². The van der Waals surface area contributed by atoms with Crippen LogP contribution in [0.2, 0.25) is 0 Å². The molecule has 0 saturated heterocycles. The minimum Gasteiger partial charge on any atom is -0.399 e. The van der Waals surface area contributed by atoms with Crippen LogP contribution in [0.3, 0.4) is 0 Å². The van der Waals surface area contributed by atoms with Crippen LogP contribution in [-0.2, 0) is 0 Å². The molecule has 4 heteroatoms. The van der Waals surface area contributed by atoms with E-state index in [1.807, 2.05) is 0 Å². The average molecular weight is 240 g/mol. The Bertz CT molecular complexity index is 366. The molecule has 0 saturated carbocycles. The number of halogens is 1. The first-order valence-corrected chi connectivity index (χ1v) is 5.84. The molecule has 0 bridgehead atoms. The number of nitrogen functional groups attached to an aromatic ring is 1. The van der Waals surface area contributed by atoms with E-state index in [2.05, 4.69) is 19.2 Å². The Morgan fingerprint density at radius 2 is 2.12 bits per heavy atom. The SMILES string of the molecule is CC(C)(CCCO)CNc1ccc(N)cc1F. The zero-order chi connectivity index (χ0) is 12.9. The third-order valence-electron chi connectivity index (χ3n) is 2.76. The van der Waals surface area contributed by atoms with Crippen molar-refractivity contribution in [2.75, 3.05) is 24.2 Å². The van der Waals surface area contributed by atoms with E-state index >= 15 is 0 Å². The van der Waals surface area contributed by atoms with Gasteiger partial charge in [0.15, 0.2) is 0 Å². The van der Waals surface area contributed by atoms with E-state index < -0.39 is 0 Å². The smallest absolute Gasteiger partial charge is 0.148 e. The number of benzene rings is 1. The molecule has 96 valence electrons. The highest BCUT2D eigenvalue weighted by Crippen LogP contribution is 2.24. The van der Waals surface area contributed by atoms with Gasteiger partial charge in [-0.05, 0) is 36.5 Å². The highest BCUT2D eigenvalue weighted by atomic mass is 19.1. The molecule has 0 radical (unpaired) electrons. The third kappa shape index (κ3) is 4.61. The van der Waals surface area contributed by atoms with Gasteiger partial charge in [-0.3, -0.25) is 0 Å². The molecule has 17 heavy (non-hydrogen) atoms. The first-order valence-electron chi connectivity index (χ1n) is 5.84. The Labute approximate surface area is 102 Å². The maximum absolute atomic E-state index is 13.5. The van der Waals surface area contributed by atoms with E-state index in [0.29, 0.717) is 17.9 Å². The number of aliphatic hydroxyl groups is 1. The normalized spacial score (nSPS) is 11.5. The summed E-state index contributed by atoms with van der Waals surface area (Å²) in [7, 11) is 0. The Hall–Kier alpha value is -1.29. The van der Waals surface area contributed by atoms with Gasteiger partial charge in [-0.1, -0.05) is 13.8 Å².